The van der Waals surface area contributed by atoms with Crippen molar-refractivity contribution in [2.75, 3.05) is 13.2 Å². The number of amides is 1. The van der Waals surface area contributed by atoms with E-state index in [0.29, 0.717) is 24.7 Å². The molecule has 88 valence electrons. The van der Waals surface area contributed by atoms with Gasteiger partial charge in [0, 0.05) is 19.3 Å². The number of halogens is 1. The minimum atomic E-state index is -0.263. The van der Waals surface area contributed by atoms with Crippen LogP contribution in [0, 0.1) is 0 Å². The summed E-state index contributed by atoms with van der Waals surface area (Å²) in [5, 5.41) is 7.43. The Morgan fingerprint density at radius 2 is 2.62 bits per heavy atom. The number of hydrogen-bond donors (Lipinski definition) is 1. The first-order chi connectivity index (χ1) is 7.75. The Morgan fingerprint density at radius 1 is 1.75 bits per heavy atom. The standard InChI is InChI=1S/C10H14ClN3O2/c11-8-6-13-14(7-8)4-3-12-10(15)9-2-1-5-16-9/h6-7,9H,1-5H2,(H,12,15)/t9-/m1/s1. The van der Waals surface area contributed by atoms with E-state index in [2.05, 4.69) is 10.4 Å². The van der Waals surface area contributed by atoms with Crippen LogP contribution in [-0.2, 0) is 16.1 Å². The van der Waals surface area contributed by atoms with Gasteiger partial charge in [-0.3, -0.25) is 9.48 Å². The van der Waals surface area contributed by atoms with Gasteiger partial charge in [-0.1, -0.05) is 11.6 Å². The molecule has 2 heterocycles. The van der Waals surface area contributed by atoms with Crippen LogP contribution in [0.5, 0.6) is 0 Å². The maximum atomic E-state index is 11.5. The third-order valence-electron chi connectivity index (χ3n) is 2.46. The maximum absolute atomic E-state index is 11.5. The number of carbonyl (C=O) groups excluding carboxylic acids is 1. The van der Waals surface area contributed by atoms with Crippen LogP contribution in [0.2, 0.25) is 5.02 Å². The van der Waals surface area contributed by atoms with E-state index in [-0.39, 0.29) is 12.0 Å². The van der Waals surface area contributed by atoms with Gasteiger partial charge in [-0.25, -0.2) is 0 Å². The molecule has 1 amide bonds. The Bertz CT molecular complexity index is 361. The molecule has 1 saturated heterocycles. The summed E-state index contributed by atoms with van der Waals surface area (Å²) in [6.45, 7) is 1.84. The predicted molar refractivity (Wildman–Crippen MR) is 59.2 cm³/mol. The zero-order chi connectivity index (χ0) is 11.4. The fraction of sp³-hybridized carbons (Fsp3) is 0.600. The number of ether oxygens (including phenoxy) is 1. The Labute approximate surface area is 98.7 Å². The molecule has 1 fully saturated rings. The topological polar surface area (TPSA) is 56.2 Å². The van der Waals surface area contributed by atoms with Gasteiger partial charge >= 0.3 is 0 Å². The van der Waals surface area contributed by atoms with E-state index < -0.39 is 0 Å². The van der Waals surface area contributed by atoms with Crippen LogP contribution >= 0.6 is 11.6 Å². The molecule has 1 aromatic heterocycles. The average molecular weight is 244 g/mol. The fourth-order valence-electron chi connectivity index (χ4n) is 1.65. The molecule has 5 nitrogen and oxygen atoms in total. The van der Waals surface area contributed by atoms with E-state index in [1.54, 1.807) is 17.1 Å². The number of aromatic nitrogens is 2. The van der Waals surface area contributed by atoms with Gasteiger partial charge in [-0.05, 0) is 12.8 Å². The summed E-state index contributed by atoms with van der Waals surface area (Å²) in [5.41, 5.74) is 0. The van der Waals surface area contributed by atoms with Gasteiger partial charge in [0.2, 0.25) is 5.91 Å². The van der Waals surface area contributed by atoms with Crippen molar-refractivity contribution in [3.8, 4) is 0 Å². The SMILES string of the molecule is O=C(NCCn1cc(Cl)cn1)[C@H]1CCCO1. The molecule has 6 heteroatoms. The molecule has 1 N–H and O–H groups in total. The number of nitrogens with zero attached hydrogens (tertiary/aromatic N) is 2. The quantitative estimate of drug-likeness (QED) is 0.852. The van der Waals surface area contributed by atoms with E-state index in [4.69, 9.17) is 16.3 Å². The van der Waals surface area contributed by atoms with Crippen LogP contribution in [-0.4, -0.2) is 34.9 Å². The first kappa shape index (κ1) is 11.4. The van der Waals surface area contributed by atoms with E-state index in [1.807, 2.05) is 0 Å². The van der Waals surface area contributed by atoms with Gasteiger partial charge in [0.05, 0.1) is 17.8 Å². The van der Waals surface area contributed by atoms with Crippen molar-refractivity contribution in [2.45, 2.75) is 25.5 Å². The van der Waals surface area contributed by atoms with E-state index in [1.165, 1.54) is 0 Å². The van der Waals surface area contributed by atoms with Crippen molar-refractivity contribution in [1.82, 2.24) is 15.1 Å². The highest BCUT2D eigenvalue weighted by molar-refractivity contribution is 6.30. The molecule has 0 aromatic carbocycles. The summed E-state index contributed by atoms with van der Waals surface area (Å²) in [6.07, 6.45) is 4.82. The monoisotopic (exact) mass is 243 g/mol. The number of rotatable bonds is 4. The summed E-state index contributed by atoms with van der Waals surface area (Å²) in [5.74, 6) is -0.0317. The Kier molecular flexibility index (Phi) is 3.79. The summed E-state index contributed by atoms with van der Waals surface area (Å²) in [7, 11) is 0. The van der Waals surface area contributed by atoms with Gasteiger partial charge in [-0.2, -0.15) is 5.10 Å². The molecule has 1 atom stereocenters. The molecule has 1 aliphatic rings. The summed E-state index contributed by atoms with van der Waals surface area (Å²) < 4.78 is 6.96. The van der Waals surface area contributed by atoms with Crippen molar-refractivity contribution in [3.05, 3.63) is 17.4 Å². The molecule has 16 heavy (non-hydrogen) atoms. The summed E-state index contributed by atoms with van der Waals surface area (Å²) >= 11 is 5.71. The molecular weight excluding hydrogens is 230 g/mol. The zero-order valence-electron chi connectivity index (χ0n) is 8.86. The minimum absolute atomic E-state index is 0.0317. The minimum Gasteiger partial charge on any atom is -0.368 e. The molecule has 2 rings (SSSR count). The van der Waals surface area contributed by atoms with Crippen LogP contribution in [0.25, 0.3) is 0 Å². The van der Waals surface area contributed by atoms with Gasteiger partial charge in [0.25, 0.3) is 0 Å². The Morgan fingerprint density at radius 3 is 3.25 bits per heavy atom. The summed E-state index contributed by atoms with van der Waals surface area (Å²) in [6, 6.07) is 0. The fourth-order valence-corrected chi connectivity index (χ4v) is 1.81. The van der Waals surface area contributed by atoms with Crippen molar-refractivity contribution < 1.29 is 9.53 Å². The number of carbonyl (C=O) groups is 1. The molecule has 1 aliphatic heterocycles. The van der Waals surface area contributed by atoms with Crippen molar-refractivity contribution in [2.24, 2.45) is 0 Å². The average Bonchev–Trinajstić information content (AvgIpc) is 2.89. The third-order valence-corrected chi connectivity index (χ3v) is 2.66. The second-order valence-electron chi connectivity index (χ2n) is 3.71. The zero-order valence-corrected chi connectivity index (χ0v) is 9.61. The Hall–Kier alpha value is -1.07. The lowest BCUT2D eigenvalue weighted by atomic mass is 10.2. The summed E-state index contributed by atoms with van der Waals surface area (Å²) in [4.78, 5) is 11.5. The van der Waals surface area contributed by atoms with E-state index >= 15 is 0 Å². The van der Waals surface area contributed by atoms with Crippen LogP contribution in [0.1, 0.15) is 12.8 Å². The highest BCUT2D eigenvalue weighted by Gasteiger charge is 2.22. The lowest BCUT2D eigenvalue weighted by molar-refractivity contribution is -0.130. The second kappa shape index (κ2) is 5.32. The van der Waals surface area contributed by atoms with Gasteiger partial charge in [0.1, 0.15) is 6.10 Å². The maximum Gasteiger partial charge on any atom is 0.249 e. The molecule has 1 aromatic rings. The van der Waals surface area contributed by atoms with Crippen LogP contribution < -0.4 is 5.32 Å². The molecule has 0 unspecified atom stereocenters. The van der Waals surface area contributed by atoms with Crippen LogP contribution in [0.15, 0.2) is 12.4 Å². The molecule has 0 bridgehead atoms. The van der Waals surface area contributed by atoms with E-state index in [9.17, 15) is 4.79 Å². The lowest BCUT2D eigenvalue weighted by Crippen LogP contribution is -2.36. The first-order valence-corrected chi connectivity index (χ1v) is 5.71. The van der Waals surface area contributed by atoms with Gasteiger partial charge in [0.15, 0.2) is 0 Å². The highest BCUT2D eigenvalue weighted by atomic mass is 35.5. The van der Waals surface area contributed by atoms with Gasteiger partial charge in [-0.15, -0.1) is 0 Å². The molecule has 0 spiro atoms. The van der Waals surface area contributed by atoms with Crippen molar-refractivity contribution >= 4 is 17.5 Å². The molecular formula is C10H14ClN3O2. The molecule has 0 aliphatic carbocycles. The lowest BCUT2D eigenvalue weighted by Gasteiger charge is -2.10. The number of hydrogen-bond acceptors (Lipinski definition) is 3. The second-order valence-corrected chi connectivity index (χ2v) is 4.15. The van der Waals surface area contributed by atoms with Crippen LogP contribution in [0.4, 0.5) is 0 Å². The first-order valence-electron chi connectivity index (χ1n) is 5.33. The number of nitrogens with one attached hydrogen (secondary N) is 1. The van der Waals surface area contributed by atoms with Crippen molar-refractivity contribution in [1.29, 1.82) is 0 Å². The largest absolute Gasteiger partial charge is 0.368 e. The molecule has 0 saturated carbocycles. The van der Waals surface area contributed by atoms with Crippen LogP contribution in [0.3, 0.4) is 0 Å². The van der Waals surface area contributed by atoms with Gasteiger partial charge < -0.3 is 10.1 Å². The molecule has 0 radical (unpaired) electrons. The smallest absolute Gasteiger partial charge is 0.249 e. The normalized spacial score (nSPS) is 19.9. The Balaban J connectivity index is 1.69. The highest BCUT2D eigenvalue weighted by Crippen LogP contribution is 2.11. The predicted octanol–water partition coefficient (Wildman–Crippen LogP) is 0.832. The van der Waals surface area contributed by atoms with Crippen molar-refractivity contribution in [3.63, 3.8) is 0 Å². The third kappa shape index (κ3) is 2.96. The van der Waals surface area contributed by atoms with E-state index in [0.717, 1.165) is 12.8 Å².